The zero-order valence-corrected chi connectivity index (χ0v) is 11.1. The number of hydrogen-bond donors (Lipinski definition) is 2. The normalized spacial score (nSPS) is 10.4. The molecule has 0 bridgehead atoms. The molecular formula is C13H15FN2OS. The molecule has 1 aromatic carbocycles. The van der Waals surface area contributed by atoms with Crippen LogP contribution >= 0.6 is 11.3 Å². The second-order valence-electron chi connectivity index (χ2n) is 4.01. The van der Waals surface area contributed by atoms with Gasteiger partial charge in [-0.15, -0.1) is 0 Å². The van der Waals surface area contributed by atoms with E-state index in [4.69, 9.17) is 10.5 Å². The SMILES string of the molecule is COc1cc(NCc2cscc2C)c(N)cc1F. The first-order valence-corrected chi connectivity index (χ1v) is 6.44. The molecule has 2 aromatic rings. The van der Waals surface area contributed by atoms with Crippen LogP contribution in [0, 0.1) is 12.7 Å². The monoisotopic (exact) mass is 266 g/mol. The lowest BCUT2D eigenvalue weighted by atomic mass is 10.2. The number of nitrogen functional groups attached to an aromatic ring is 1. The number of hydrogen-bond acceptors (Lipinski definition) is 4. The van der Waals surface area contributed by atoms with E-state index < -0.39 is 5.82 Å². The van der Waals surface area contributed by atoms with Gasteiger partial charge in [-0.2, -0.15) is 11.3 Å². The standard InChI is InChI=1S/C13H15FN2OS/c1-8-6-18-7-9(8)5-16-12-4-13(17-2)10(14)3-11(12)15/h3-4,6-7,16H,5,15H2,1-2H3. The third-order valence-corrected chi connectivity index (χ3v) is 3.67. The van der Waals surface area contributed by atoms with Gasteiger partial charge in [0.1, 0.15) is 0 Å². The lowest BCUT2D eigenvalue weighted by Crippen LogP contribution is -2.04. The Kier molecular flexibility index (Phi) is 3.72. The minimum Gasteiger partial charge on any atom is -0.494 e. The molecular weight excluding hydrogens is 251 g/mol. The maximum Gasteiger partial charge on any atom is 0.167 e. The van der Waals surface area contributed by atoms with Crippen LogP contribution in [0.5, 0.6) is 5.75 Å². The van der Waals surface area contributed by atoms with Crippen molar-refractivity contribution in [2.45, 2.75) is 13.5 Å². The Bertz CT molecular complexity index is 554. The van der Waals surface area contributed by atoms with Gasteiger partial charge in [-0.25, -0.2) is 4.39 Å². The van der Waals surface area contributed by atoms with Crippen LogP contribution in [0.2, 0.25) is 0 Å². The van der Waals surface area contributed by atoms with Crippen molar-refractivity contribution in [3.05, 3.63) is 39.8 Å². The third-order valence-electron chi connectivity index (χ3n) is 2.75. The number of methoxy groups -OCH3 is 1. The number of aryl methyl sites for hydroxylation is 1. The lowest BCUT2D eigenvalue weighted by Gasteiger charge is -2.11. The van der Waals surface area contributed by atoms with E-state index in [-0.39, 0.29) is 5.75 Å². The van der Waals surface area contributed by atoms with Crippen molar-refractivity contribution in [3.8, 4) is 5.75 Å². The van der Waals surface area contributed by atoms with Crippen molar-refractivity contribution >= 4 is 22.7 Å². The van der Waals surface area contributed by atoms with Crippen molar-refractivity contribution in [3.63, 3.8) is 0 Å². The summed E-state index contributed by atoms with van der Waals surface area (Å²) in [6.07, 6.45) is 0. The Morgan fingerprint density at radius 1 is 1.39 bits per heavy atom. The van der Waals surface area contributed by atoms with Gasteiger partial charge < -0.3 is 15.8 Å². The fourth-order valence-electron chi connectivity index (χ4n) is 1.64. The van der Waals surface area contributed by atoms with Crippen LogP contribution in [0.4, 0.5) is 15.8 Å². The summed E-state index contributed by atoms with van der Waals surface area (Å²) < 4.78 is 18.3. The largest absolute Gasteiger partial charge is 0.494 e. The molecule has 0 aliphatic carbocycles. The highest BCUT2D eigenvalue weighted by Gasteiger charge is 2.08. The van der Waals surface area contributed by atoms with Gasteiger partial charge in [0, 0.05) is 18.7 Å². The van der Waals surface area contributed by atoms with E-state index in [2.05, 4.69) is 23.0 Å². The molecule has 3 N–H and O–H groups in total. The summed E-state index contributed by atoms with van der Waals surface area (Å²) in [6, 6.07) is 2.84. The van der Waals surface area contributed by atoms with E-state index in [0.29, 0.717) is 17.9 Å². The highest BCUT2D eigenvalue weighted by atomic mass is 32.1. The Morgan fingerprint density at radius 3 is 2.78 bits per heavy atom. The van der Waals surface area contributed by atoms with Crippen LogP contribution in [-0.2, 0) is 6.54 Å². The predicted octanol–water partition coefficient (Wildman–Crippen LogP) is 3.40. The van der Waals surface area contributed by atoms with Crippen molar-refractivity contribution in [1.82, 2.24) is 0 Å². The van der Waals surface area contributed by atoms with E-state index in [1.807, 2.05) is 0 Å². The van der Waals surface area contributed by atoms with Gasteiger partial charge in [0.15, 0.2) is 11.6 Å². The van der Waals surface area contributed by atoms with Gasteiger partial charge in [0.05, 0.1) is 18.5 Å². The first kappa shape index (κ1) is 12.7. The van der Waals surface area contributed by atoms with Crippen molar-refractivity contribution in [1.29, 1.82) is 0 Å². The number of anilines is 2. The molecule has 0 aliphatic rings. The third kappa shape index (κ3) is 2.56. The number of benzene rings is 1. The van der Waals surface area contributed by atoms with Gasteiger partial charge in [-0.1, -0.05) is 0 Å². The topological polar surface area (TPSA) is 47.3 Å². The highest BCUT2D eigenvalue weighted by molar-refractivity contribution is 7.08. The minimum absolute atomic E-state index is 0.189. The van der Waals surface area contributed by atoms with Crippen LogP contribution in [-0.4, -0.2) is 7.11 Å². The lowest BCUT2D eigenvalue weighted by molar-refractivity contribution is 0.387. The Balaban J connectivity index is 2.16. The second-order valence-corrected chi connectivity index (χ2v) is 4.75. The predicted molar refractivity (Wildman–Crippen MR) is 73.7 cm³/mol. The summed E-state index contributed by atoms with van der Waals surface area (Å²) in [6.45, 7) is 2.72. The molecule has 0 aliphatic heterocycles. The van der Waals surface area contributed by atoms with E-state index in [0.717, 1.165) is 0 Å². The average molecular weight is 266 g/mol. The van der Waals surface area contributed by atoms with Crippen LogP contribution in [0.25, 0.3) is 0 Å². The second kappa shape index (κ2) is 5.27. The van der Waals surface area contributed by atoms with E-state index in [9.17, 15) is 4.39 Å². The molecule has 0 radical (unpaired) electrons. The summed E-state index contributed by atoms with van der Waals surface area (Å²) in [5.41, 5.74) is 9.27. The van der Waals surface area contributed by atoms with E-state index in [1.54, 1.807) is 17.4 Å². The molecule has 0 saturated heterocycles. The minimum atomic E-state index is -0.452. The molecule has 96 valence electrons. The van der Waals surface area contributed by atoms with Gasteiger partial charge in [-0.3, -0.25) is 0 Å². The van der Waals surface area contributed by atoms with Gasteiger partial charge in [0.25, 0.3) is 0 Å². The van der Waals surface area contributed by atoms with Gasteiger partial charge in [0.2, 0.25) is 0 Å². The average Bonchev–Trinajstić information content (AvgIpc) is 2.74. The molecule has 2 rings (SSSR count). The molecule has 3 nitrogen and oxygen atoms in total. The van der Waals surface area contributed by atoms with Crippen molar-refractivity contribution in [2.24, 2.45) is 0 Å². The Hall–Kier alpha value is -1.75. The number of nitrogens with two attached hydrogens (primary N) is 1. The summed E-state index contributed by atoms with van der Waals surface area (Å²) in [7, 11) is 1.43. The number of nitrogens with one attached hydrogen (secondary N) is 1. The Morgan fingerprint density at radius 2 is 2.17 bits per heavy atom. The zero-order valence-electron chi connectivity index (χ0n) is 10.3. The van der Waals surface area contributed by atoms with Gasteiger partial charge in [-0.05, 0) is 28.8 Å². The summed E-state index contributed by atoms with van der Waals surface area (Å²) >= 11 is 1.66. The number of rotatable bonds is 4. The molecule has 1 heterocycles. The maximum absolute atomic E-state index is 13.4. The number of ether oxygens (including phenoxy) is 1. The summed E-state index contributed by atoms with van der Waals surface area (Å²) in [5.74, 6) is -0.263. The number of halogens is 1. The summed E-state index contributed by atoms with van der Waals surface area (Å²) in [4.78, 5) is 0. The molecule has 0 amide bonds. The maximum atomic E-state index is 13.4. The molecule has 0 saturated carbocycles. The molecule has 1 aromatic heterocycles. The van der Waals surface area contributed by atoms with E-state index >= 15 is 0 Å². The van der Waals surface area contributed by atoms with Crippen LogP contribution in [0.3, 0.4) is 0 Å². The molecule has 0 fully saturated rings. The highest BCUT2D eigenvalue weighted by Crippen LogP contribution is 2.28. The van der Waals surface area contributed by atoms with Gasteiger partial charge >= 0.3 is 0 Å². The van der Waals surface area contributed by atoms with E-state index in [1.165, 1.54) is 24.3 Å². The van der Waals surface area contributed by atoms with Crippen LogP contribution in [0.1, 0.15) is 11.1 Å². The summed E-state index contributed by atoms with van der Waals surface area (Å²) in [5, 5.41) is 7.36. The molecule has 0 unspecified atom stereocenters. The molecule has 18 heavy (non-hydrogen) atoms. The fraction of sp³-hybridized carbons (Fsp3) is 0.231. The molecule has 5 heteroatoms. The number of thiophene rings is 1. The van der Waals surface area contributed by atoms with Crippen molar-refractivity contribution in [2.75, 3.05) is 18.2 Å². The first-order valence-electron chi connectivity index (χ1n) is 5.50. The van der Waals surface area contributed by atoms with Crippen LogP contribution < -0.4 is 15.8 Å². The Labute approximate surface area is 109 Å². The first-order chi connectivity index (χ1) is 8.61. The molecule has 0 atom stereocenters. The smallest absolute Gasteiger partial charge is 0.167 e. The molecule has 0 spiro atoms. The quantitative estimate of drug-likeness (QED) is 0.834. The van der Waals surface area contributed by atoms with Crippen molar-refractivity contribution < 1.29 is 9.13 Å². The fourth-order valence-corrected chi connectivity index (χ4v) is 2.49. The zero-order chi connectivity index (χ0) is 13.1. The van der Waals surface area contributed by atoms with Crippen LogP contribution in [0.15, 0.2) is 22.9 Å².